The molecule has 1 aromatic heterocycles. The first-order valence-corrected chi connectivity index (χ1v) is 4.77. The van der Waals surface area contributed by atoms with Gasteiger partial charge >= 0.3 is 0 Å². The number of aliphatic hydroxyl groups excluding tert-OH is 2. The summed E-state index contributed by atoms with van der Waals surface area (Å²) < 4.78 is 2.16. The van der Waals surface area contributed by atoms with Gasteiger partial charge in [-0.25, -0.2) is 0 Å². The van der Waals surface area contributed by atoms with Crippen LogP contribution in [0.25, 0.3) is 0 Å². The van der Waals surface area contributed by atoms with E-state index in [2.05, 4.69) is 4.57 Å². The van der Waals surface area contributed by atoms with Crippen molar-refractivity contribution in [1.82, 2.24) is 4.57 Å². The molecule has 1 aliphatic rings. The molecule has 72 valence electrons. The maximum absolute atomic E-state index is 9.58. The molecule has 2 atom stereocenters. The minimum atomic E-state index is -0.603. The number of aliphatic hydroxyl groups is 2. The minimum absolute atomic E-state index is 0.119. The lowest BCUT2D eigenvalue weighted by molar-refractivity contribution is 0.0634. The molecular formula is C10H15NO2. The number of hydrogen-bond donors (Lipinski definition) is 2. The van der Waals surface area contributed by atoms with Crippen molar-refractivity contribution in [2.45, 2.75) is 31.4 Å². The molecule has 0 fully saturated rings. The number of aromatic nitrogens is 1. The van der Waals surface area contributed by atoms with Gasteiger partial charge in [0, 0.05) is 24.4 Å². The second-order valence-electron chi connectivity index (χ2n) is 3.63. The maximum Gasteiger partial charge on any atom is 0.0853 e. The molecule has 2 rings (SSSR count). The smallest absolute Gasteiger partial charge is 0.0853 e. The predicted molar refractivity (Wildman–Crippen MR) is 49.5 cm³/mol. The van der Waals surface area contributed by atoms with Gasteiger partial charge < -0.3 is 14.8 Å². The van der Waals surface area contributed by atoms with Crippen molar-refractivity contribution in [2.75, 3.05) is 6.61 Å². The molecule has 1 unspecified atom stereocenters. The van der Waals surface area contributed by atoms with Crippen LogP contribution in [0.2, 0.25) is 0 Å². The van der Waals surface area contributed by atoms with E-state index in [1.807, 2.05) is 18.3 Å². The predicted octanol–water partition coefficient (Wildman–Crippen LogP) is 0.719. The highest BCUT2D eigenvalue weighted by Gasteiger charge is 2.25. The van der Waals surface area contributed by atoms with E-state index >= 15 is 0 Å². The Kier molecular flexibility index (Phi) is 2.38. The Labute approximate surface area is 77.6 Å². The first kappa shape index (κ1) is 8.78. The molecule has 3 nitrogen and oxygen atoms in total. The lowest BCUT2D eigenvalue weighted by atomic mass is 9.91. The summed E-state index contributed by atoms with van der Waals surface area (Å²) in [6.45, 7) is 0.896. The third kappa shape index (κ3) is 1.49. The molecule has 1 aliphatic heterocycles. The van der Waals surface area contributed by atoms with Crippen LogP contribution < -0.4 is 0 Å². The first-order valence-electron chi connectivity index (χ1n) is 4.77. The topological polar surface area (TPSA) is 45.4 Å². The Morgan fingerprint density at radius 1 is 1.62 bits per heavy atom. The van der Waals surface area contributed by atoms with Crippen molar-refractivity contribution < 1.29 is 10.2 Å². The van der Waals surface area contributed by atoms with E-state index in [9.17, 15) is 5.11 Å². The number of rotatable bonds is 2. The summed E-state index contributed by atoms with van der Waals surface area (Å²) in [7, 11) is 0. The highest BCUT2D eigenvalue weighted by atomic mass is 16.3. The van der Waals surface area contributed by atoms with Crippen LogP contribution in [0.5, 0.6) is 0 Å². The SMILES string of the molecule is OCC(O)[C@H]1CCCn2cccc21. The van der Waals surface area contributed by atoms with Gasteiger partial charge in [-0.1, -0.05) is 0 Å². The third-order valence-corrected chi connectivity index (χ3v) is 2.81. The van der Waals surface area contributed by atoms with Crippen LogP contribution in [-0.4, -0.2) is 27.5 Å². The van der Waals surface area contributed by atoms with E-state index in [1.165, 1.54) is 0 Å². The fourth-order valence-corrected chi connectivity index (χ4v) is 2.11. The van der Waals surface area contributed by atoms with Gasteiger partial charge in [-0.05, 0) is 25.0 Å². The summed E-state index contributed by atoms with van der Waals surface area (Å²) in [5.74, 6) is 0.119. The summed E-state index contributed by atoms with van der Waals surface area (Å²) in [4.78, 5) is 0. The highest BCUT2D eigenvalue weighted by molar-refractivity contribution is 5.16. The van der Waals surface area contributed by atoms with Crippen molar-refractivity contribution in [3.63, 3.8) is 0 Å². The van der Waals surface area contributed by atoms with Gasteiger partial charge in [-0.3, -0.25) is 0 Å². The average molecular weight is 181 g/mol. The molecule has 0 aromatic carbocycles. The average Bonchev–Trinajstić information content (AvgIpc) is 2.63. The molecule has 0 amide bonds. The third-order valence-electron chi connectivity index (χ3n) is 2.81. The Hall–Kier alpha value is -0.800. The Morgan fingerprint density at radius 3 is 3.23 bits per heavy atom. The first-order chi connectivity index (χ1) is 6.33. The zero-order valence-corrected chi connectivity index (χ0v) is 7.56. The molecule has 0 bridgehead atoms. The monoisotopic (exact) mass is 181 g/mol. The lowest BCUT2D eigenvalue weighted by Crippen LogP contribution is -2.27. The minimum Gasteiger partial charge on any atom is -0.394 e. The molecule has 1 aromatic rings. The van der Waals surface area contributed by atoms with Crippen LogP contribution in [0.1, 0.15) is 24.5 Å². The molecule has 13 heavy (non-hydrogen) atoms. The molecule has 0 spiro atoms. The van der Waals surface area contributed by atoms with Crippen molar-refractivity contribution in [3.8, 4) is 0 Å². The molecule has 3 heteroatoms. The van der Waals surface area contributed by atoms with Crippen LogP contribution in [0.15, 0.2) is 18.3 Å². The van der Waals surface area contributed by atoms with Gasteiger partial charge in [0.15, 0.2) is 0 Å². The Balaban J connectivity index is 2.24. The number of nitrogens with zero attached hydrogens (tertiary/aromatic N) is 1. The summed E-state index contributed by atoms with van der Waals surface area (Å²) >= 11 is 0. The number of fused-ring (bicyclic) bond motifs is 1. The summed E-state index contributed by atoms with van der Waals surface area (Å²) in [5, 5.41) is 18.5. The van der Waals surface area contributed by atoms with Gasteiger partial charge in [-0.15, -0.1) is 0 Å². The summed E-state index contributed by atoms with van der Waals surface area (Å²) in [5.41, 5.74) is 1.16. The molecule has 0 aliphatic carbocycles. The van der Waals surface area contributed by atoms with Gasteiger partial charge in [0.2, 0.25) is 0 Å². The quantitative estimate of drug-likeness (QED) is 0.706. The van der Waals surface area contributed by atoms with Gasteiger partial charge in [0.25, 0.3) is 0 Å². The van der Waals surface area contributed by atoms with Crippen molar-refractivity contribution in [1.29, 1.82) is 0 Å². The molecule has 0 radical (unpaired) electrons. The van der Waals surface area contributed by atoms with Crippen molar-refractivity contribution >= 4 is 0 Å². The van der Waals surface area contributed by atoms with Crippen LogP contribution in [0, 0.1) is 0 Å². The summed E-state index contributed by atoms with van der Waals surface area (Å²) in [6.07, 6.45) is 3.50. The number of aryl methyl sites for hydroxylation is 1. The van der Waals surface area contributed by atoms with Crippen LogP contribution in [0.3, 0.4) is 0 Å². The zero-order valence-electron chi connectivity index (χ0n) is 7.56. The normalized spacial score (nSPS) is 24.0. The molecule has 2 N–H and O–H groups in total. The molecule has 0 saturated heterocycles. The van der Waals surface area contributed by atoms with E-state index in [0.29, 0.717) is 0 Å². The summed E-state index contributed by atoms with van der Waals surface area (Å²) in [6, 6.07) is 4.03. The lowest BCUT2D eigenvalue weighted by Gasteiger charge is -2.27. The molecular weight excluding hydrogens is 166 g/mol. The molecule has 0 saturated carbocycles. The Bertz CT molecular complexity index is 282. The van der Waals surface area contributed by atoms with Gasteiger partial charge in [0.05, 0.1) is 12.7 Å². The maximum atomic E-state index is 9.58. The Morgan fingerprint density at radius 2 is 2.46 bits per heavy atom. The molecule has 2 heterocycles. The van der Waals surface area contributed by atoms with E-state index in [-0.39, 0.29) is 12.5 Å². The second-order valence-corrected chi connectivity index (χ2v) is 3.63. The van der Waals surface area contributed by atoms with Crippen LogP contribution in [-0.2, 0) is 6.54 Å². The fourth-order valence-electron chi connectivity index (χ4n) is 2.11. The largest absolute Gasteiger partial charge is 0.394 e. The van der Waals surface area contributed by atoms with E-state index < -0.39 is 6.10 Å². The van der Waals surface area contributed by atoms with Gasteiger partial charge in [-0.2, -0.15) is 0 Å². The van der Waals surface area contributed by atoms with E-state index in [1.54, 1.807) is 0 Å². The van der Waals surface area contributed by atoms with Gasteiger partial charge in [0.1, 0.15) is 0 Å². The zero-order chi connectivity index (χ0) is 9.26. The number of hydrogen-bond acceptors (Lipinski definition) is 2. The van der Waals surface area contributed by atoms with E-state index in [0.717, 1.165) is 25.1 Å². The van der Waals surface area contributed by atoms with Crippen LogP contribution in [0.4, 0.5) is 0 Å². The standard InChI is InChI=1S/C10H15NO2/c12-7-10(13)8-3-1-5-11-6-2-4-9(8)11/h2,4,6,8,10,12-13H,1,3,5,7H2/t8-,10?/m0/s1. The highest BCUT2D eigenvalue weighted by Crippen LogP contribution is 2.30. The van der Waals surface area contributed by atoms with Crippen molar-refractivity contribution in [3.05, 3.63) is 24.0 Å². The van der Waals surface area contributed by atoms with Crippen molar-refractivity contribution in [2.24, 2.45) is 0 Å². The fraction of sp³-hybridized carbons (Fsp3) is 0.600. The van der Waals surface area contributed by atoms with E-state index in [4.69, 9.17) is 5.11 Å². The second kappa shape index (κ2) is 3.52. The van der Waals surface area contributed by atoms with Crippen LogP contribution >= 0.6 is 0 Å².